The SMILES string of the molecule is CCCCCCCCCCCCCCCC(=O)NCCC(=O)Nc1cccc(S(=O)(=O)NCCC(C)C)c1. The lowest BCUT2D eigenvalue weighted by Gasteiger charge is -2.11. The molecule has 0 fully saturated rings. The van der Waals surface area contributed by atoms with E-state index in [4.69, 9.17) is 0 Å². The van der Waals surface area contributed by atoms with Crippen molar-refractivity contribution >= 4 is 27.5 Å². The largest absolute Gasteiger partial charge is 0.356 e. The van der Waals surface area contributed by atoms with Crippen LogP contribution in [0.4, 0.5) is 5.69 Å². The molecule has 1 rings (SSSR count). The molecule has 0 aromatic heterocycles. The number of sulfonamides is 1. The summed E-state index contributed by atoms with van der Waals surface area (Å²) in [6, 6.07) is 6.20. The third kappa shape index (κ3) is 17.6. The molecule has 0 bridgehead atoms. The molecule has 3 N–H and O–H groups in total. The van der Waals surface area contributed by atoms with Gasteiger partial charge in [0, 0.05) is 31.6 Å². The summed E-state index contributed by atoms with van der Waals surface area (Å²) < 4.78 is 27.5. The van der Waals surface area contributed by atoms with Crippen molar-refractivity contribution in [2.75, 3.05) is 18.4 Å². The van der Waals surface area contributed by atoms with E-state index >= 15 is 0 Å². The number of carbonyl (C=O) groups is 2. The van der Waals surface area contributed by atoms with Gasteiger partial charge in [-0.2, -0.15) is 0 Å². The third-order valence-corrected chi connectivity index (χ3v) is 8.08. The number of amides is 2. The number of rotatable bonds is 23. The standard InChI is InChI=1S/C30H53N3O4S/c1-4-5-6-7-8-9-10-11-12-13-14-15-16-20-29(34)31-23-22-30(35)33-27-18-17-19-28(25-27)38(36,37)32-24-21-26(2)3/h17-19,25-26,32H,4-16,20-24H2,1-3H3,(H,31,34)(H,33,35). The summed E-state index contributed by atoms with van der Waals surface area (Å²) in [7, 11) is -3.63. The van der Waals surface area contributed by atoms with Crippen LogP contribution in [0.3, 0.4) is 0 Å². The van der Waals surface area contributed by atoms with Gasteiger partial charge < -0.3 is 10.6 Å². The van der Waals surface area contributed by atoms with Crippen LogP contribution >= 0.6 is 0 Å². The number of benzene rings is 1. The van der Waals surface area contributed by atoms with Gasteiger partial charge in [0.1, 0.15) is 0 Å². The number of hydrogen-bond donors (Lipinski definition) is 3. The molecule has 0 saturated heterocycles. The first-order valence-electron chi connectivity index (χ1n) is 14.9. The summed E-state index contributed by atoms with van der Waals surface area (Å²) in [6.45, 7) is 6.95. The zero-order valence-electron chi connectivity index (χ0n) is 24.2. The number of carbonyl (C=O) groups excluding carboxylic acids is 2. The molecular weight excluding hydrogens is 498 g/mol. The Balaban J connectivity index is 2.12. The van der Waals surface area contributed by atoms with Gasteiger partial charge >= 0.3 is 0 Å². The molecule has 7 nitrogen and oxygen atoms in total. The van der Waals surface area contributed by atoms with Crippen molar-refractivity contribution in [3.05, 3.63) is 24.3 Å². The van der Waals surface area contributed by atoms with Crippen molar-refractivity contribution < 1.29 is 18.0 Å². The minimum atomic E-state index is -3.63. The maximum absolute atomic E-state index is 12.5. The second-order valence-corrected chi connectivity index (χ2v) is 12.5. The Morgan fingerprint density at radius 1 is 0.763 bits per heavy atom. The lowest BCUT2D eigenvalue weighted by atomic mass is 10.0. The van der Waals surface area contributed by atoms with Crippen LogP contribution in [0.2, 0.25) is 0 Å². The molecule has 0 heterocycles. The summed E-state index contributed by atoms with van der Waals surface area (Å²) in [5.41, 5.74) is 0.417. The highest BCUT2D eigenvalue weighted by atomic mass is 32.2. The van der Waals surface area contributed by atoms with Crippen LogP contribution in [0.25, 0.3) is 0 Å². The molecular formula is C30H53N3O4S. The van der Waals surface area contributed by atoms with Crippen molar-refractivity contribution in [3.63, 3.8) is 0 Å². The fraction of sp³-hybridized carbons (Fsp3) is 0.733. The van der Waals surface area contributed by atoms with Crippen molar-refractivity contribution in [2.45, 2.75) is 128 Å². The molecule has 0 aliphatic rings. The van der Waals surface area contributed by atoms with Gasteiger partial charge in [-0.1, -0.05) is 104 Å². The smallest absolute Gasteiger partial charge is 0.240 e. The zero-order valence-corrected chi connectivity index (χ0v) is 25.0. The average molecular weight is 552 g/mol. The second-order valence-electron chi connectivity index (χ2n) is 10.7. The van der Waals surface area contributed by atoms with Crippen molar-refractivity contribution in [1.82, 2.24) is 10.0 Å². The summed E-state index contributed by atoms with van der Waals surface area (Å²) in [6.07, 6.45) is 17.9. The molecule has 1 aromatic carbocycles. The van der Waals surface area contributed by atoms with Crippen molar-refractivity contribution in [1.29, 1.82) is 0 Å². The predicted octanol–water partition coefficient (Wildman–Crippen LogP) is 6.94. The van der Waals surface area contributed by atoms with E-state index in [1.165, 1.54) is 82.8 Å². The van der Waals surface area contributed by atoms with E-state index < -0.39 is 10.0 Å². The quantitative estimate of drug-likeness (QED) is 0.128. The van der Waals surface area contributed by atoms with Crippen molar-refractivity contribution in [3.8, 4) is 0 Å². The maximum atomic E-state index is 12.5. The Kier molecular flexibility index (Phi) is 18.8. The van der Waals surface area contributed by atoms with Gasteiger partial charge in [-0.25, -0.2) is 13.1 Å². The monoisotopic (exact) mass is 551 g/mol. The van der Waals surface area contributed by atoms with E-state index in [0.29, 0.717) is 24.6 Å². The first-order valence-corrected chi connectivity index (χ1v) is 16.4. The minimum absolute atomic E-state index is 0.0264. The minimum Gasteiger partial charge on any atom is -0.356 e. The van der Waals surface area contributed by atoms with Crippen LogP contribution in [0.5, 0.6) is 0 Å². The van der Waals surface area contributed by atoms with Gasteiger partial charge in [0.15, 0.2) is 0 Å². The first kappa shape index (κ1) is 34.1. The number of hydrogen-bond acceptors (Lipinski definition) is 4. The Bertz CT molecular complexity index is 887. The van der Waals surface area contributed by atoms with E-state index in [2.05, 4.69) is 22.3 Å². The molecule has 0 unspecified atom stereocenters. The number of unbranched alkanes of at least 4 members (excludes halogenated alkanes) is 12. The topological polar surface area (TPSA) is 104 Å². The van der Waals surface area contributed by atoms with Crippen LogP contribution < -0.4 is 15.4 Å². The maximum Gasteiger partial charge on any atom is 0.240 e. The van der Waals surface area contributed by atoms with E-state index in [9.17, 15) is 18.0 Å². The molecule has 0 aliphatic carbocycles. The Labute approximate surface area is 232 Å². The van der Waals surface area contributed by atoms with E-state index in [0.717, 1.165) is 19.3 Å². The molecule has 0 radical (unpaired) electrons. The molecule has 0 atom stereocenters. The fourth-order valence-electron chi connectivity index (χ4n) is 4.24. The summed E-state index contributed by atoms with van der Waals surface area (Å²) in [5, 5.41) is 5.52. The lowest BCUT2D eigenvalue weighted by Crippen LogP contribution is -2.27. The van der Waals surface area contributed by atoms with Gasteiger partial charge in [-0.05, 0) is 37.0 Å². The van der Waals surface area contributed by atoms with E-state index in [-0.39, 0.29) is 29.7 Å². The van der Waals surface area contributed by atoms with Crippen LogP contribution in [0.1, 0.15) is 124 Å². The van der Waals surface area contributed by atoms with Crippen molar-refractivity contribution in [2.24, 2.45) is 5.92 Å². The summed E-state index contributed by atoms with van der Waals surface area (Å²) in [5.74, 6) is 0.105. The molecule has 0 saturated carbocycles. The molecule has 38 heavy (non-hydrogen) atoms. The highest BCUT2D eigenvalue weighted by Crippen LogP contribution is 2.16. The average Bonchev–Trinajstić information content (AvgIpc) is 2.86. The zero-order chi connectivity index (χ0) is 28.1. The third-order valence-electron chi connectivity index (χ3n) is 6.62. The van der Waals surface area contributed by atoms with Crippen LogP contribution in [-0.2, 0) is 19.6 Å². The molecule has 0 aliphatic heterocycles. The first-order chi connectivity index (χ1) is 18.2. The van der Waals surface area contributed by atoms with Crippen LogP contribution in [-0.4, -0.2) is 33.3 Å². The highest BCUT2D eigenvalue weighted by Gasteiger charge is 2.15. The second kappa shape index (κ2) is 21.0. The number of anilines is 1. The number of nitrogens with one attached hydrogen (secondary N) is 3. The normalized spacial score (nSPS) is 11.6. The Hall–Kier alpha value is -1.93. The molecule has 2 amide bonds. The van der Waals surface area contributed by atoms with Gasteiger partial charge in [-0.15, -0.1) is 0 Å². The summed E-state index contributed by atoms with van der Waals surface area (Å²) >= 11 is 0. The van der Waals surface area contributed by atoms with Gasteiger partial charge in [0.2, 0.25) is 21.8 Å². The van der Waals surface area contributed by atoms with E-state index in [1.54, 1.807) is 12.1 Å². The summed E-state index contributed by atoms with van der Waals surface area (Å²) in [4.78, 5) is 24.4. The van der Waals surface area contributed by atoms with Crippen LogP contribution in [0, 0.1) is 5.92 Å². The fourth-order valence-corrected chi connectivity index (χ4v) is 5.33. The molecule has 8 heteroatoms. The lowest BCUT2D eigenvalue weighted by molar-refractivity contribution is -0.121. The van der Waals surface area contributed by atoms with Gasteiger partial charge in [0.25, 0.3) is 0 Å². The highest BCUT2D eigenvalue weighted by molar-refractivity contribution is 7.89. The predicted molar refractivity (Wildman–Crippen MR) is 158 cm³/mol. The van der Waals surface area contributed by atoms with Gasteiger partial charge in [-0.3, -0.25) is 9.59 Å². The molecule has 218 valence electrons. The van der Waals surface area contributed by atoms with Crippen LogP contribution in [0.15, 0.2) is 29.2 Å². The Morgan fingerprint density at radius 3 is 1.92 bits per heavy atom. The molecule has 0 spiro atoms. The Morgan fingerprint density at radius 2 is 1.34 bits per heavy atom. The molecule has 1 aromatic rings. The van der Waals surface area contributed by atoms with Gasteiger partial charge in [0.05, 0.1) is 4.90 Å². The van der Waals surface area contributed by atoms with E-state index in [1.807, 2.05) is 13.8 Å².